The molecule has 0 aliphatic carbocycles. The van der Waals surface area contributed by atoms with E-state index in [1.165, 1.54) is 5.56 Å². The monoisotopic (exact) mass is 539 g/mol. The van der Waals surface area contributed by atoms with Crippen molar-refractivity contribution >= 4 is 17.0 Å². The molecule has 208 valence electrons. The maximum absolute atomic E-state index is 12.9. The third-order valence-corrected chi connectivity index (χ3v) is 7.55. The molecule has 1 unspecified atom stereocenters. The van der Waals surface area contributed by atoms with E-state index in [0.29, 0.717) is 36.1 Å². The highest BCUT2D eigenvalue weighted by Crippen LogP contribution is 2.28. The van der Waals surface area contributed by atoms with Crippen molar-refractivity contribution in [2.45, 2.75) is 57.3 Å². The number of nitrogens with zero attached hydrogens (tertiary/aromatic N) is 3. The molecule has 40 heavy (non-hydrogen) atoms. The number of aliphatic hydroxyl groups is 1. The van der Waals surface area contributed by atoms with Crippen molar-refractivity contribution in [2.75, 3.05) is 19.6 Å². The quantitative estimate of drug-likeness (QED) is 0.195. The number of para-hydroxylation sites is 2. The summed E-state index contributed by atoms with van der Waals surface area (Å²) in [5, 5.41) is 10.6. The fraction of sp³-hybridized carbons (Fsp3) is 0.364. The maximum Gasteiger partial charge on any atom is 0.342 e. The average molecular weight is 540 g/mol. The van der Waals surface area contributed by atoms with Gasteiger partial charge in [0.25, 0.3) is 0 Å². The third kappa shape index (κ3) is 7.03. The highest BCUT2D eigenvalue weighted by molar-refractivity contribution is 5.76. The van der Waals surface area contributed by atoms with Crippen LogP contribution in [0.4, 0.5) is 0 Å². The molecule has 0 spiro atoms. The molecular weight excluding hydrogens is 502 g/mol. The van der Waals surface area contributed by atoms with Gasteiger partial charge >= 0.3 is 5.97 Å². The Morgan fingerprint density at radius 1 is 0.925 bits per heavy atom. The number of hydrogen-bond acceptors (Lipinski definition) is 7. The maximum atomic E-state index is 12.9. The molecule has 1 aliphatic heterocycles. The van der Waals surface area contributed by atoms with Crippen molar-refractivity contribution < 1.29 is 19.4 Å². The number of likely N-dealkylation sites (tertiary alicyclic amines) is 1. The summed E-state index contributed by atoms with van der Waals surface area (Å²) in [6.07, 6.45) is 2.19. The zero-order valence-corrected chi connectivity index (χ0v) is 23.1. The first-order chi connectivity index (χ1) is 19.5. The van der Waals surface area contributed by atoms with Gasteiger partial charge in [0.15, 0.2) is 6.10 Å². The largest absolute Gasteiger partial charge is 0.455 e. The number of esters is 1. The lowest BCUT2D eigenvalue weighted by Crippen LogP contribution is -2.37. The summed E-state index contributed by atoms with van der Waals surface area (Å²) in [7, 11) is 0. The minimum absolute atomic E-state index is 0.374. The second-order valence-corrected chi connectivity index (χ2v) is 10.7. The van der Waals surface area contributed by atoms with Crippen LogP contribution in [0.5, 0.6) is 5.75 Å². The summed E-state index contributed by atoms with van der Waals surface area (Å²) in [5.41, 5.74) is 4.60. The second-order valence-electron chi connectivity index (χ2n) is 10.7. The summed E-state index contributed by atoms with van der Waals surface area (Å²) in [5.74, 6) is 0.694. The molecule has 4 aromatic rings. The summed E-state index contributed by atoms with van der Waals surface area (Å²) in [4.78, 5) is 24.7. The van der Waals surface area contributed by atoms with E-state index in [4.69, 9.17) is 14.5 Å². The molecule has 5 rings (SSSR count). The number of carbonyl (C=O) groups is 1. The molecule has 7 heteroatoms. The first kappa shape index (κ1) is 27.7. The predicted octanol–water partition coefficient (Wildman–Crippen LogP) is 6.00. The zero-order chi connectivity index (χ0) is 27.9. The SMILES string of the molecule is CC(C)c1ccc(OC(CCN2CCC(c3cnc4ccccc4n3)CC2)OC(=O)[C@H](O)c2ccccc2)cc1. The Hall–Kier alpha value is -3.81. The Kier molecular flexibility index (Phi) is 9.04. The molecular formula is C33H37N3O4. The Labute approximate surface area is 235 Å². The second kappa shape index (κ2) is 13.0. The highest BCUT2D eigenvalue weighted by atomic mass is 16.7. The molecule has 1 N–H and O–H groups in total. The summed E-state index contributed by atoms with van der Waals surface area (Å²) in [6, 6.07) is 24.6. The molecule has 1 saturated heterocycles. The van der Waals surface area contributed by atoms with Gasteiger partial charge in [0.05, 0.1) is 16.7 Å². The normalized spacial score (nSPS) is 16.1. The van der Waals surface area contributed by atoms with Gasteiger partial charge in [0, 0.05) is 25.1 Å². The van der Waals surface area contributed by atoms with Crippen LogP contribution in [0.3, 0.4) is 0 Å². The minimum atomic E-state index is -1.37. The van der Waals surface area contributed by atoms with E-state index in [2.05, 4.69) is 23.7 Å². The Bertz CT molecular complexity index is 1390. The fourth-order valence-corrected chi connectivity index (χ4v) is 5.10. The lowest BCUT2D eigenvalue weighted by molar-refractivity contribution is -0.175. The van der Waals surface area contributed by atoms with Crippen molar-refractivity contribution in [3.63, 3.8) is 0 Å². The van der Waals surface area contributed by atoms with E-state index < -0.39 is 18.4 Å². The molecule has 0 bridgehead atoms. The van der Waals surface area contributed by atoms with Crippen LogP contribution >= 0.6 is 0 Å². The topological polar surface area (TPSA) is 84.8 Å². The number of fused-ring (bicyclic) bond motifs is 1. The predicted molar refractivity (Wildman–Crippen MR) is 155 cm³/mol. The van der Waals surface area contributed by atoms with Crippen LogP contribution in [0.1, 0.15) is 67.9 Å². The Morgan fingerprint density at radius 3 is 2.30 bits per heavy atom. The van der Waals surface area contributed by atoms with Crippen LogP contribution in [-0.4, -0.2) is 51.9 Å². The van der Waals surface area contributed by atoms with E-state index in [9.17, 15) is 9.90 Å². The van der Waals surface area contributed by atoms with Gasteiger partial charge in [-0.3, -0.25) is 4.98 Å². The smallest absolute Gasteiger partial charge is 0.342 e. The van der Waals surface area contributed by atoms with Crippen LogP contribution in [0, 0.1) is 0 Å². The van der Waals surface area contributed by atoms with E-state index in [1.54, 1.807) is 24.3 Å². The van der Waals surface area contributed by atoms with Crippen LogP contribution in [0.25, 0.3) is 11.0 Å². The van der Waals surface area contributed by atoms with Crippen LogP contribution < -0.4 is 4.74 Å². The minimum Gasteiger partial charge on any atom is -0.455 e. The Balaban J connectivity index is 1.20. The van der Waals surface area contributed by atoms with Crippen LogP contribution in [0.15, 0.2) is 85.1 Å². The average Bonchev–Trinajstić information content (AvgIpc) is 3.00. The van der Waals surface area contributed by atoms with Crippen molar-refractivity contribution in [3.8, 4) is 5.75 Å². The van der Waals surface area contributed by atoms with Gasteiger partial charge in [0.2, 0.25) is 6.29 Å². The fourth-order valence-electron chi connectivity index (χ4n) is 5.10. The van der Waals surface area contributed by atoms with Gasteiger partial charge in [-0.15, -0.1) is 0 Å². The molecule has 0 amide bonds. The number of benzene rings is 3. The first-order valence-corrected chi connectivity index (χ1v) is 14.1. The summed E-state index contributed by atoms with van der Waals surface area (Å²) >= 11 is 0. The molecule has 2 atom stereocenters. The van der Waals surface area contributed by atoms with Crippen LogP contribution in [-0.2, 0) is 9.53 Å². The summed E-state index contributed by atoms with van der Waals surface area (Å²) in [6.45, 7) is 6.81. The lowest BCUT2D eigenvalue weighted by Gasteiger charge is -2.32. The number of piperidine rings is 1. The van der Waals surface area contributed by atoms with Gasteiger partial charge in [-0.25, -0.2) is 9.78 Å². The highest BCUT2D eigenvalue weighted by Gasteiger charge is 2.27. The van der Waals surface area contributed by atoms with Crippen molar-refractivity contribution in [2.24, 2.45) is 0 Å². The molecule has 1 fully saturated rings. The molecule has 0 radical (unpaired) electrons. The van der Waals surface area contributed by atoms with E-state index >= 15 is 0 Å². The number of rotatable bonds is 10. The van der Waals surface area contributed by atoms with Gasteiger partial charge in [0.1, 0.15) is 5.75 Å². The standard InChI is InChI=1S/C33H37N3O4/c1-23(2)24-12-14-27(15-13-24)39-31(40-33(38)32(37)26-8-4-3-5-9-26)18-21-36-19-16-25(17-20-36)30-22-34-28-10-6-7-11-29(28)35-30/h3-15,22-23,25,31-32,37H,16-21H2,1-2H3/t31?,32-/m1/s1. The van der Waals surface area contributed by atoms with Crippen molar-refractivity contribution in [1.29, 1.82) is 0 Å². The number of ether oxygens (including phenoxy) is 2. The number of aliphatic hydroxyl groups excluding tert-OH is 1. The zero-order valence-electron chi connectivity index (χ0n) is 23.1. The van der Waals surface area contributed by atoms with E-state index in [-0.39, 0.29) is 0 Å². The number of carbonyl (C=O) groups excluding carboxylic acids is 1. The molecule has 1 aromatic heterocycles. The third-order valence-electron chi connectivity index (χ3n) is 7.55. The molecule has 0 saturated carbocycles. The molecule has 7 nitrogen and oxygen atoms in total. The van der Waals surface area contributed by atoms with E-state index in [0.717, 1.165) is 42.7 Å². The molecule has 2 heterocycles. The van der Waals surface area contributed by atoms with Gasteiger partial charge in [-0.2, -0.15) is 0 Å². The Morgan fingerprint density at radius 2 is 1.60 bits per heavy atom. The van der Waals surface area contributed by atoms with Crippen molar-refractivity contribution in [1.82, 2.24) is 14.9 Å². The van der Waals surface area contributed by atoms with Gasteiger partial charge < -0.3 is 19.5 Å². The van der Waals surface area contributed by atoms with Crippen molar-refractivity contribution in [3.05, 3.63) is 102 Å². The molecule has 1 aliphatic rings. The van der Waals surface area contributed by atoms with E-state index in [1.807, 2.05) is 60.8 Å². The summed E-state index contributed by atoms with van der Waals surface area (Å²) < 4.78 is 11.8. The molecule has 3 aromatic carbocycles. The lowest BCUT2D eigenvalue weighted by atomic mass is 9.93. The number of hydrogen-bond donors (Lipinski definition) is 1. The first-order valence-electron chi connectivity index (χ1n) is 14.1. The van der Waals surface area contributed by atoms with Crippen LogP contribution in [0.2, 0.25) is 0 Å². The van der Waals surface area contributed by atoms with Gasteiger partial charge in [-0.05, 0) is 67.2 Å². The van der Waals surface area contributed by atoms with Gasteiger partial charge in [-0.1, -0.05) is 68.4 Å². The number of aromatic nitrogens is 2.